The SMILES string of the molecule is O=S(=O)(NCCc1ccc(O)cc1)c1cccc(Cl)c1. The monoisotopic (exact) mass is 311 g/mol. The summed E-state index contributed by atoms with van der Waals surface area (Å²) in [6, 6.07) is 12.8. The first-order valence-corrected chi connectivity index (χ1v) is 7.87. The topological polar surface area (TPSA) is 66.4 Å². The number of benzene rings is 2. The Hall–Kier alpha value is -1.56. The smallest absolute Gasteiger partial charge is 0.240 e. The van der Waals surface area contributed by atoms with Crippen molar-refractivity contribution in [1.29, 1.82) is 0 Å². The van der Waals surface area contributed by atoms with E-state index in [0.717, 1.165) is 5.56 Å². The lowest BCUT2D eigenvalue weighted by Crippen LogP contribution is -2.25. The van der Waals surface area contributed by atoms with E-state index in [1.807, 2.05) is 0 Å². The Balaban J connectivity index is 1.98. The normalized spacial score (nSPS) is 11.4. The van der Waals surface area contributed by atoms with Crippen LogP contribution in [0.4, 0.5) is 0 Å². The Labute approximate surface area is 123 Å². The first kappa shape index (κ1) is 14.8. The van der Waals surface area contributed by atoms with Crippen molar-refractivity contribution in [1.82, 2.24) is 4.72 Å². The highest BCUT2D eigenvalue weighted by molar-refractivity contribution is 7.89. The second-order valence-corrected chi connectivity index (χ2v) is 6.47. The number of aromatic hydroxyl groups is 1. The summed E-state index contributed by atoms with van der Waals surface area (Å²) in [6.07, 6.45) is 0.542. The fourth-order valence-corrected chi connectivity index (χ4v) is 3.04. The van der Waals surface area contributed by atoms with Crippen molar-refractivity contribution < 1.29 is 13.5 Å². The van der Waals surface area contributed by atoms with E-state index in [1.165, 1.54) is 12.1 Å². The van der Waals surface area contributed by atoms with Crippen LogP contribution in [-0.2, 0) is 16.4 Å². The van der Waals surface area contributed by atoms with Crippen molar-refractivity contribution in [2.24, 2.45) is 0 Å². The first-order valence-electron chi connectivity index (χ1n) is 6.00. The molecule has 6 heteroatoms. The molecule has 0 spiro atoms. The largest absolute Gasteiger partial charge is 0.508 e. The number of halogens is 1. The van der Waals surface area contributed by atoms with Gasteiger partial charge in [0.2, 0.25) is 10.0 Å². The molecule has 20 heavy (non-hydrogen) atoms. The van der Waals surface area contributed by atoms with Gasteiger partial charge in [-0.2, -0.15) is 0 Å². The molecule has 0 saturated heterocycles. The van der Waals surface area contributed by atoms with E-state index in [4.69, 9.17) is 16.7 Å². The van der Waals surface area contributed by atoms with Crippen molar-refractivity contribution in [3.8, 4) is 5.75 Å². The van der Waals surface area contributed by atoms with Crippen molar-refractivity contribution >= 4 is 21.6 Å². The predicted octanol–water partition coefficient (Wildman–Crippen LogP) is 2.57. The van der Waals surface area contributed by atoms with Gasteiger partial charge in [-0.3, -0.25) is 0 Å². The van der Waals surface area contributed by atoms with Gasteiger partial charge in [-0.05, 0) is 42.3 Å². The lowest BCUT2D eigenvalue weighted by molar-refractivity contribution is 0.475. The van der Waals surface area contributed by atoms with Gasteiger partial charge in [-0.15, -0.1) is 0 Å². The van der Waals surface area contributed by atoms with E-state index >= 15 is 0 Å². The van der Waals surface area contributed by atoms with Crippen LogP contribution < -0.4 is 4.72 Å². The molecule has 2 aromatic carbocycles. The lowest BCUT2D eigenvalue weighted by Gasteiger charge is -2.07. The zero-order valence-electron chi connectivity index (χ0n) is 10.6. The van der Waals surface area contributed by atoms with Gasteiger partial charge in [0.05, 0.1) is 4.90 Å². The van der Waals surface area contributed by atoms with Crippen LogP contribution in [0.1, 0.15) is 5.56 Å². The van der Waals surface area contributed by atoms with Crippen LogP contribution in [0.15, 0.2) is 53.4 Å². The average Bonchev–Trinajstić information content (AvgIpc) is 2.41. The van der Waals surface area contributed by atoms with Crippen molar-refractivity contribution in [2.75, 3.05) is 6.54 Å². The molecule has 0 atom stereocenters. The molecular formula is C14H14ClNO3S. The summed E-state index contributed by atoms with van der Waals surface area (Å²) >= 11 is 5.78. The van der Waals surface area contributed by atoms with Gasteiger partial charge >= 0.3 is 0 Å². The second kappa shape index (κ2) is 6.26. The van der Waals surface area contributed by atoms with Crippen LogP contribution >= 0.6 is 11.6 Å². The van der Waals surface area contributed by atoms with Gasteiger partial charge < -0.3 is 5.11 Å². The Morgan fingerprint density at radius 2 is 1.80 bits per heavy atom. The van der Waals surface area contributed by atoms with E-state index < -0.39 is 10.0 Å². The summed E-state index contributed by atoms with van der Waals surface area (Å²) in [5.41, 5.74) is 0.941. The Kier molecular flexibility index (Phi) is 4.65. The minimum absolute atomic E-state index is 0.149. The summed E-state index contributed by atoms with van der Waals surface area (Å²) < 4.78 is 26.6. The summed E-state index contributed by atoms with van der Waals surface area (Å²) in [4.78, 5) is 0.149. The number of sulfonamides is 1. The van der Waals surface area contributed by atoms with Crippen molar-refractivity contribution in [2.45, 2.75) is 11.3 Å². The van der Waals surface area contributed by atoms with Gasteiger partial charge in [0.1, 0.15) is 5.75 Å². The van der Waals surface area contributed by atoms with Crippen LogP contribution in [0.2, 0.25) is 5.02 Å². The lowest BCUT2D eigenvalue weighted by atomic mass is 10.1. The number of phenols is 1. The number of hydrogen-bond donors (Lipinski definition) is 2. The minimum Gasteiger partial charge on any atom is -0.508 e. The Bertz CT molecular complexity index is 684. The van der Waals surface area contributed by atoms with E-state index in [-0.39, 0.29) is 17.2 Å². The molecule has 0 aliphatic heterocycles. The van der Waals surface area contributed by atoms with E-state index in [2.05, 4.69) is 4.72 Å². The molecule has 0 saturated carbocycles. The van der Waals surface area contributed by atoms with E-state index in [0.29, 0.717) is 11.4 Å². The minimum atomic E-state index is -3.54. The highest BCUT2D eigenvalue weighted by Crippen LogP contribution is 2.15. The zero-order valence-corrected chi connectivity index (χ0v) is 12.2. The third-order valence-corrected chi connectivity index (χ3v) is 4.44. The van der Waals surface area contributed by atoms with Crippen LogP contribution in [0.25, 0.3) is 0 Å². The molecule has 0 bridgehead atoms. The van der Waals surface area contributed by atoms with Gasteiger partial charge in [0.25, 0.3) is 0 Å². The fraction of sp³-hybridized carbons (Fsp3) is 0.143. The van der Waals surface area contributed by atoms with Crippen LogP contribution in [-0.4, -0.2) is 20.1 Å². The quantitative estimate of drug-likeness (QED) is 0.892. The summed E-state index contributed by atoms with van der Waals surface area (Å²) in [5.74, 6) is 0.188. The predicted molar refractivity (Wildman–Crippen MR) is 78.5 cm³/mol. The molecule has 0 heterocycles. The molecule has 0 amide bonds. The molecule has 106 valence electrons. The van der Waals surface area contributed by atoms with Gasteiger partial charge in [0.15, 0.2) is 0 Å². The van der Waals surface area contributed by atoms with Crippen LogP contribution in [0.3, 0.4) is 0 Å². The maximum absolute atomic E-state index is 12.0. The standard InChI is InChI=1S/C14H14ClNO3S/c15-12-2-1-3-14(10-12)20(18,19)16-9-8-11-4-6-13(17)7-5-11/h1-7,10,16-17H,8-9H2. The van der Waals surface area contributed by atoms with Gasteiger partial charge in [0, 0.05) is 11.6 Å². The van der Waals surface area contributed by atoms with Crippen molar-refractivity contribution in [3.63, 3.8) is 0 Å². The van der Waals surface area contributed by atoms with Crippen molar-refractivity contribution in [3.05, 3.63) is 59.1 Å². The molecule has 0 aliphatic carbocycles. The maximum Gasteiger partial charge on any atom is 0.240 e. The van der Waals surface area contributed by atoms with Crippen LogP contribution in [0, 0.1) is 0 Å². The fourth-order valence-electron chi connectivity index (χ4n) is 1.71. The molecule has 0 aromatic heterocycles. The molecule has 2 N–H and O–H groups in total. The highest BCUT2D eigenvalue weighted by Gasteiger charge is 2.13. The van der Waals surface area contributed by atoms with E-state index in [9.17, 15) is 8.42 Å². The Morgan fingerprint density at radius 3 is 2.45 bits per heavy atom. The Morgan fingerprint density at radius 1 is 1.10 bits per heavy atom. The molecule has 2 aromatic rings. The number of phenolic OH excluding ortho intramolecular Hbond substituents is 1. The molecule has 0 fully saturated rings. The third-order valence-electron chi connectivity index (χ3n) is 2.75. The second-order valence-electron chi connectivity index (χ2n) is 4.27. The zero-order chi connectivity index (χ0) is 14.6. The highest BCUT2D eigenvalue weighted by atomic mass is 35.5. The summed E-state index contributed by atoms with van der Waals surface area (Å²) in [7, 11) is -3.54. The summed E-state index contributed by atoms with van der Waals surface area (Å²) in [5, 5.41) is 9.54. The molecule has 0 aliphatic rings. The molecule has 0 radical (unpaired) electrons. The molecular weight excluding hydrogens is 298 g/mol. The summed E-state index contributed by atoms with van der Waals surface area (Å²) in [6.45, 7) is 0.277. The number of hydrogen-bond acceptors (Lipinski definition) is 3. The molecule has 4 nitrogen and oxygen atoms in total. The first-order chi connectivity index (χ1) is 9.47. The average molecular weight is 312 g/mol. The third kappa shape index (κ3) is 3.96. The maximum atomic E-state index is 12.0. The van der Waals surface area contributed by atoms with Crippen LogP contribution in [0.5, 0.6) is 5.75 Å². The molecule has 0 unspecified atom stereocenters. The number of rotatable bonds is 5. The van der Waals surface area contributed by atoms with E-state index in [1.54, 1.807) is 36.4 Å². The van der Waals surface area contributed by atoms with Gasteiger partial charge in [-0.1, -0.05) is 29.8 Å². The van der Waals surface area contributed by atoms with Gasteiger partial charge in [-0.25, -0.2) is 13.1 Å². The molecule has 2 rings (SSSR count). The number of nitrogens with one attached hydrogen (secondary N) is 1.